The minimum Gasteiger partial charge on any atom is -0.382 e. The molecule has 0 spiro atoms. The van der Waals surface area contributed by atoms with Crippen molar-refractivity contribution in [1.29, 1.82) is 0 Å². The van der Waals surface area contributed by atoms with Crippen molar-refractivity contribution in [2.75, 3.05) is 33.5 Å². The molecule has 0 radical (unpaired) electrons. The largest absolute Gasteiger partial charge is 0.382 e. The third-order valence-corrected chi connectivity index (χ3v) is 2.93. The maximum Gasteiger partial charge on any atom is 0.0976 e. The van der Waals surface area contributed by atoms with E-state index in [2.05, 4.69) is 19.1 Å². The summed E-state index contributed by atoms with van der Waals surface area (Å²) in [6.07, 6.45) is -0.0905. The number of hydrogen-bond donors (Lipinski definition) is 1. The van der Waals surface area contributed by atoms with Crippen molar-refractivity contribution < 1.29 is 14.2 Å². The van der Waals surface area contributed by atoms with Gasteiger partial charge in [-0.05, 0) is 25.0 Å². The molecule has 0 heterocycles. The number of benzene rings is 1. The maximum atomic E-state index is 6.01. The summed E-state index contributed by atoms with van der Waals surface area (Å²) in [4.78, 5) is 0. The Hall–Kier alpha value is -0.940. The van der Waals surface area contributed by atoms with Gasteiger partial charge in [0.1, 0.15) is 0 Å². The molecule has 0 amide bonds. The summed E-state index contributed by atoms with van der Waals surface area (Å²) in [5.74, 6) is 0. The Labute approximate surface area is 115 Å². The van der Waals surface area contributed by atoms with E-state index in [4.69, 9.17) is 19.9 Å². The van der Waals surface area contributed by atoms with Gasteiger partial charge in [0.2, 0.25) is 0 Å². The molecule has 1 aromatic rings. The molecule has 0 saturated carbocycles. The van der Waals surface area contributed by atoms with Crippen molar-refractivity contribution in [3.63, 3.8) is 0 Å². The highest BCUT2D eigenvalue weighted by Gasteiger charge is 2.18. The van der Waals surface area contributed by atoms with E-state index in [0.717, 1.165) is 5.56 Å². The van der Waals surface area contributed by atoms with Gasteiger partial charge in [-0.15, -0.1) is 0 Å². The van der Waals surface area contributed by atoms with E-state index in [1.165, 1.54) is 5.56 Å². The molecule has 19 heavy (non-hydrogen) atoms. The Bertz CT molecular complexity index is 355. The van der Waals surface area contributed by atoms with Gasteiger partial charge in [0.05, 0.1) is 32.5 Å². The minimum atomic E-state index is -0.0905. The van der Waals surface area contributed by atoms with Crippen LogP contribution in [0.4, 0.5) is 0 Å². The third kappa shape index (κ3) is 5.70. The van der Waals surface area contributed by atoms with Gasteiger partial charge in [-0.2, -0.15) is 0 Å². The summed E-state index contributed by atoms with van der Waals surface area (Å²) < 4.78 is 16.1. The zero-order valence-corrected chi connectivity index (χ0v) is 12.1. The quantitative estimate of drug-likeness (QED) is 0.696. The predicted octanol–water partition coefficient (Wildman–Crippen LogP) is 2.06. The van der Waals surface area contributed by atoms with E-state index < -0.39 is 0 Å². The first-order chi connectivity index (χ1) is 9.16. The van der Waals surface area contributed by atoms with Crippen molar-refractivity contribution in [3.8, 4) is 0 Å². The number of nitrogens with two attached hydrogens (primary N) is 1. The van der Waals surface area contributed by atoms with Crippen molar-refractivity contribution in [3.05, 3.63) is 35.4 Å². The Morgan fingerprint density at radius 2 is 1.79 bits per heavy atom. The molecular formula is C15H25NO3. The van der Waals surface area contributed by atoms with Gasteiger partial charge in [-0.25, -0.2) is 0 Å². The monoisotopic (exact) mass is 267 g/mol. The molecule has 0 fully saturated rings. The van der Waals surface area contributed by atoms with Crippen LogP contribution in [-0.2, 0) is 14.2 Å². The van der Waals surface area contributed by atoms with Crippen LogP contribution in [0.25, 0.3) is 0 Å². The Morgan fingerprint density at radius 1 is 1.11 bits per heavy atom. The number of hydrogen-bond acceptors (Lipinski definition) is 4. The lowest BCUT2D eigenvalue weighted by Gasteiger charge is -2.23. The average molecular weight is 267 g/mol. The molecule has 0 bridgehead atoms. The summed E-state index contributed by atoms with van der Waals surface area (Å²) in [5.41, 5.74) is 8.36. The van der Waals surface area contributed by atoms with Crippen LogP contribution in [0.1, 0.15) is 24.2 Å². The standard InChI is InChI=1S/C15H25NO3/c1-12-6-4-5-7-14(12)15(13(2)16)19-11-10-18-9-8-17-3/h4-7,13,15H,8-11,16H2,1-3H3. The molecule has 1 rings (SSSR count). The van der Waals surface area contributed by atoms with Gasteiger partial charge >= 0.3 is 0 Å². The Balaban J connectivity index is 2.44. The minimum absolute atomic E-state index is 0.0555. The topological polar surface area (TPSA) is 53.7 Å². The summed E-state index contributed by atoms with van der Waals surface area (Å²) >= 11 is 0. The van der Waals surface area contributed by atoms with E-state index in [-0.39, 0.29) is 12.1 Å². The van der Waals surface area contributed by atoms with E-state index in [9.17, 15) is 0 Å². The highest BCUT2D eigenvalue weighted by atomic mass is 16.5. The van der Waals surface area contributed by atoms with Crippen LogP contribution >= 0.6 is 0 Å². The van der Waals surface area contributed by atoms with Crippen LogP contribution in [0.5, 0.6) is 0 Å². The van der Waals surface area contributed by atoms with Crippen LogP contribution in [0, 0.1) is 6.92 Å². The van der Waals surface area contributed by atoms with Gasteiger partial charge in [0.15, 0.2) is 0 Å². The highest BCUT2D eigenvalue weighted by molar-refractivity contribution is 5.28. The first kappa shape index (κ1) is 16.1. The van der Waals surface area contributed by atoms with Crippen molar-refractivity contribution in [1.82, 2.24) is 0 Å². The lowest BCUT2D eigenvalue weighted by Crippen LogP contribution is -2.28. The molecule has 0 aromatic heterocycles. The lowest BCUT2D eigenvalue weighted by atomic mass is 9.99. The lowest BCUT2D eigenvalue weighted by molar-refractivity contribution is -0.0143. The second-order valence-electron chi connectivity index (χ2n) is 4.61. The number of methoxy groups -OCH3 is 1. The molecule has 2 atom stereocenters. The number of aryl methyl sites for hydroxylation is 1. The Kier molecular flexibility index (Phi) is 7.67. The summed E-state index contributed by atoms with van der Waals surface area (Å²) in [6.45, 7) is 6.32. The predicted molar refractivity (Wildman–Crippen MR) is 76.2 cm³/mol. The third-order valence-electron chi connectivity index (χ3n) is 2.93. The molecule has 0 aliphatic carbocycles. The molecule has 2 N–H and O–H groups in total. The van der Waals surface area contributed by atoms with Crippen LogP contribution in [0.2, 0.25) is 0 Å². The van der Waals surface area contributed by atoms with Crippen molar-refractivity contribution in [2.24, 2.45) is 5.73 Å². The Morgan fingerprint density at radius 3 is 2.42 bits per heavy atom. The van der Waals surface area contributed by atoms with E-state index in [0.29, 0.717) is 26.4 Å². The van der Waals surface area contributed by atoms with Gasteiger partial charge in [0, 0.05) is 13.2 Å². The van der Waals surface area contributed by atoms with Crippen LogP contribution in [0.3, 0.4) is 0 Å². The molecule has 1 aromatic carbocycles. The average Bonchev–Trinajstić information content (AvgIpc) is 2.39. The van der Waals surface area contributed by atoms with E-state index >= 15 is 0 Å². The first-order valence-corrected chi connectivity index (χ1v) is 6.66. The van der Waals surface area contributed by atoms with Crippen molar-refractivity contribution in [2.45, 2.75) is 26.0 Å². The van der Waals surface area contributed by atoms with Crippen LogP contribution < -0.4 is 5.73 Å². The normalized spacial score (nSPS) is 14.3. The maximum absolute atomic E-state index is 6.01. The van der Waals surface area contributed by atoms with Gasteiger partial charge in [-0.1, -0.05) is 24.3 Å². The fourth-order valence-corrected chi connectivity index (χ4v) is 1.91. The zero-order valence-electron chi connectivity index (χ0n) is 12.1. The molecule has 4 heteroatoms. The zero-order chi connectivity index (χ0) is 14.1. The van der Waals surface area contributed by atoms with Gasteiger partial charge in [0.25, 0.3) is 0 Å². The first-order valence-electron chi connectivity index (χ1n) is 6.66. The second kappa shape index (κ2) is 9.04. The highest BCUT2D eigenvalue weighted by Crippen LogP contribution is 2.23. The molecular weight excluding hydrogens is 242 g/mol. The molecule has 2 unspecified atom stereocenters. The SMILES string of the molecule is COCCOCCOC(c1ccccc1C)C(C)N. The smallest absolute Gasteiger partial charge is 0.0976 e. The number of rotatable bonds is 9. The van der Waals surface area contributed by atoms with Gasteiger partial charge < -0.3 is 19.9 Å². The molecule has 4 nitrogen and oxygen atoms in total. The second-order valence-corrected chi connectivity index (χ2v) is 4.61. The van der Waals surface area contributed by atoms with E-state index in [1.807, 2.05) is 19.1 Å². The summed E-state index contributed by atoms with van der Waals surface area (Å²) in [6, 6.07) is 8.11. The molecule has 108 valence electrons. The van der Waals surface area contributed by atoms with Gasteiger partial charge in [-0.3, -0.25) is 0 Å². The summed E-state index contributed by atoms with van der Waals surface area (Å²) in [7, 11) is 1.66. The summed E-state index contributed by atoms with van der Waals surface area (Å²) in [5, 5.41) is 0. The van der Waals surface area contributed by atoms with E-state index in [1.54, 1.807) is 7.11 Å². The van der Waals surface area contributed by atoms with Crippen LogP contribution in [-0.4, -0.2) is 39.6 Å². The molecule has 0 aliphatic rings. The fourth-order valence-electron chi connectivity index (χ4n) is 1.91. The molecule has 0 saturated heterocycles. The molecule has 0 aliphatic heterocycles. The van der Waals surface area contributed by atoms with Crippen LogP contribution in [0.15, 0.2) is 24.3 Å². The van der Waals surface area contributed by atoms with Crippen molar-refractivity contribution >= 4 is 0 Å². The fraction of sp³-hybridized carbons (Fsp3) is 0.600. The number of ether oxygens (including phenoxy) is 3.